The van der Waals surface area contributed by atoms with Gasteiger partial charge in [-0.3, -0.25) is 0 Å². The van der Waals surface area contributed by atoms with Crippen LogP contribution in [0.1, 0.15) is 16.0 Å². The molecule has 0 saturated carbocycles. The fraction of sp³-hybridized carbons (Fsp3) is 0.182. The number of benzene rings is 1. The van der Waals surface area contributed by atoms with Crippen LogP contribution in [0.3, 0.4) is 0 Å². The maximum absolute atomic E-state index is 12.7. The molecule has 2 aromatic rings. The van der Waals surface area contributed by atoms with Gasteiger partial charge in [0.15, 0.2) is 5.13 Å². The Labute approximate surface area is 99.9 Å². The second-order valence-electron chi connectivity index (χ2n) is 3.50. The summed E-state index contributed by atoms with van der Waals surface area (Å²) >= 11 is 1.20. The Morgan fingerprint density at radius 2 is 1.94 bits per heavy atom. The number of nitrogen functional groups attached to an aromatic ring is 1. The molecule has 1 aromatic carbocycles. The largest absolute Gasteiger partial charge is 0.416 e. The van der Waals surface area contributed by atoms with E-state index in [1.165, 1.54) is 29.7 Å². The third kappa shape index (κ3) is 2.76. The zero-order chi connectivity index (χ0) is 12.5. The van der Waals surface area contributed by atoms with Crippen molar-refractivity contribution < 1.29 is 13.2 Å². The fourth-order valence-electron chi connectivity index (χ4n) is 1.54. The van der Waals surface area contributed by atoms with E-state index in [4.69, 9.17) is 5.73 Å². The van der Waals surface area contributed by atoms with Crippen LogP contribution in [-0.4, -0.2) is 4.98 Å². The summed E-state index contributed by atoms with van der Waals surface area (Å²) in [5.74, 6) is 0. The molecule has 0 aliphatic rings. The molecule has 0 aliphatic heterocycles. The molecule has 0 amide bonds. The Morgan fingerprint density at radius 1 is 1.24 bits per heavy atom. The van der Waals surface area contributed by atoms with Crippen molar-refractivity contribution in [3.8, 4) is 0 Å². The average Bonchev–Trinajstić information content (AvgIpc) is 2.63. The second kappa shape index (κ2) is 4.37. The lowest BCUT2D eigenvalue weighted by molar-refractivity contribution is -0.138. The minimum absolute atomic E-state index is 0.199. The quantitative estimate of drug-likeness (QED) is 0.897. The number of hydrogen-bond donors (Lipinski definition) is 1. The summed E-state index contributed by atoms with van der Waals surface area (Å²) in [4.78, 5) is 4.54. The Balaban J connectivity index is 2.33. The Hall–Kier alpha value is -1.56. The van der Waals surface area contributed by atoms with Gasteiger partial charge in [-0.05, 0) is 11.6 Å². The first-order valence-corrected chi connectivity index (χ1v) is 5.64. The molecule has 0 saturated heterocycles. The minimum Gasteiger partial charge on any atom is -0.375 e. The van der Waals surface area contributed by atoms with E-state index in [9.17, 15) is 13.2 Å². The van der Waals surface area contributed by atoms with E-state index in [0.29, 0.717) is 5.13 Å². The van der Waals surface area contributed by atoms with Crippen LogP contribution < -0.4 is 5.73 Å². The Morgan fingerprint density at radius 3 is 2.53 bits per heavy atom. The zero-order valence-corrected chi connectivity index (χ0v) is 9.48. The van der Waals surface area contributed by atoms with Gasteiger partial charge in [0.2, 0.25) is 0 Å². The number of hydrogen-bond acceptors (Lipinski definition) is 3. The van der Waals surface area contributed by atoms with Gasteiger partial charge in [-0.1, -0.05) is 18.2 Å². The highest BCUT2D eigenvalue weighted by atomic mass is 32.1. The minimum atomic E-state index is -4.33. The first-order chi connectivity index (χ1) is 7.97. The number of nitrogens with zero attached hydrogens (tertiary/aromatic N) is 1. The molecule has 1 aromatic heterocycles. The molecule has 2 rings (SSSR count). The molecule has 0 atom stereocenters. The van der Waals surface area contributed by atoms with Crippen LogP contribution in [-0.2, 0) is 12.6 Å². The van der Waals surface area contributed by atoms with Gasteiger partial charge in [-0.15, -0.1) is 11.3 Å². The predicted octanol–water partition coefficient (Wildman–Crippen LogP) is 3.33. The highest BCUT2D eigenvalue weighted by molar-refractivity contribution is 7.15. The highest BCUT2D eigenvalue weighted by Crippen LogP contribution is 2.33. The first-order valence-electron chi connectivity index (χ1n) is 4.82. The third-order valence-electron chi connectivity index (χ3n) is 2.26. The molecule has 2 nitrogen and oxygen atoms in total. The van der Waals surface area contributed by atoms with Crippen molar-refractivity contribution in [2.75, 3.05) is 5.73 Å². The van der Waals surface area contributed by atoms with Crippen LogP contribution in [0.4, 0.5) is 18.3 Å². The molecule has 0 aliphatic carbocycles. The maximum Gasteiger partial charge on any atom is 0.416 e. The van der Waals surface area contributed by atoms with Gasteiger partial charge in [-0.25, -0.2) is 4.98 Å². The molecule has 0 fully saturated rings. The summed E-state index contributed by atoms with van der Waals surface area (Å²) in [7, 11) is 0. The van der Waals surface area contributed by atoms with E-state index in [1.54, 1.807) is 6.07 Å². The van der Waals surface area contributed by atoms with Crippen molar-refractivity contribution in [2.24, 2.45) is 0 Å². The van der Waals surface area contributed by atoms with Crippen molar-refractivity contribution in [2.45, 2.75) is 12.6 Å². The van der Waals surface area contributed by atoms with Crippen molar-refractivity contribution in [1.82, 2.24) is 4.98 Å². The number of alkyl halides is 3. The standard InChI is InChI=1S/C11H9F3N2S/c12-11(13,14)9-4-2-1-3-7(9)5-8-6-16-10(15)17-8/h1-4,6H,5H2,(H2,15,16). The smallest absolute Gasteiger partial charge is 0.375 e. The van der Waals surface area contributed by atoms with E-state index >= 15 is 0 Å². The number of aromatic nitrogens is 1. The van der Waals surface area contributed by atoms with Crippen LogP contribution in [0.25, 0.3) is 0 Å². The van der Waals surface area contributed by atoms with Gasteiger partial charge in [0.25, 0.3) is 0 Å². The lowest BCUT2D eigenvalue weighted by atomic mass is 10.0. The van der Waals surface area contributed by atoms with Crippen molar-refractivity contribution in [3.05, 3.63) is 46.5 Å². The maximum atomic E-state index is 12.7. The van der Waals surface area contributed by atoms with Crippen LogP contribution in [0.2, 0.25) is 0 Å². The number of rotatable bonds is 2. The lowest BCUT2D eigenvalue weighted by Crippen LogP contribution is -2.08. The second-order valence-corrected chi connectivity index (χ2v) is 4.64. The van der Waals surface area contributed by atoms with Crippen molar-refractivity contribution in [3.63, 3.8) is 0 Å². The van der Waals surface area contributed by atoms with E-state index in [2.05, 4.69) is 4.98 Å². The number of halogens is 3. The Bertz CT molecular complexity index is 519. The lowest BCUT2D eigenvalue weighted by Gasteiger charge is -2.11. The van der Waals surface area contributed by atoms with Gasteiger partial charge < -0.3 is 5.73 Å². The van der Waals surface area contributed by atoms with Gasteiger partial charge in [0.1, 0.15) is 0 Å². The summed E-state index contributed by atoms with van der Waals surface area (Å²) in [6, 6.07) is 5.53. The molecule has 6 heteroatoms. The molecule has 0 spiro atoms. The molecule has 17 heavy (non-hydrogen) atoms. The Kier molecular flexibility index (Phi) is 3.06. The normalized spacial score (nSPS) is 11.7. The summed E-state index contributed by atoms with van der Waals surface area (Å²) in [6.45, 7) is 0. The zero-order valence-electron chi connectivity index (χ0n) is 8.66. The number of nitrogens with two attached hydrogens (primary N) is 1. The molecule has 0 unspecified atom stereocenters. The first kappa shape index (κ1) is 11.9. The van der Waals surface area contributed by atoms with Gasteiger partial charge in [0, 0.05) is 17.5 Å². The van der Waals surface area contributed by atoms with Gasteiger partial charge in [-0.2, -0.15) is 13.2 Å². The summed E-state index contributed by atoms with van der Waals surface area (Å²) < 4.78 is 38.2. The molecule has 2 N–H and O–H groups in total. The number of thiazole rings is 1. The SMILES string of the molecule is Nc1ncc(Cc2ccccc2C(F)(F)F)s1. The molecule has 90 valence electrons. The third-order valence-corrected chi connectivity index (χ3v) is 3.09. The van der Waals surface area contributed by atoms with E-state index in [-0.39, 0.29) is 12.0 Å². The summed E-state index contributed by atoms with van der Waals surface area (Å²) in [6.07, 6.45) is -2.62. The van der Waals surface area contributed by atoms with E-state index < -0.39 is 11.7 Å². The van der Waals surface area contributed by atoms with Crippen molar-refractivity contribution in [1.29, 1.82) is 0 Å². The topological polar surface area (TPSA) is 38.9 Å². The number of anilines is 1. The van der Waals surface area contributed by atoms with Crippen LogP contribution >= 0.6 is 11.3 Å². The summed E-state index contributed by atoms with van der Waals surface area (Å²) in [5, 5.41) is 0.365. The van der Waals surface area contributed by atoms with Gasteiger partial charge >= 0.3 is 6.18 Å². The molecule has 0 bridgehead atoms. The predicted molar refractivity (Wildman–Crippen MR) is 60.8 cm³/mol. The summed E-state index contributed by atoms with van der Waals surface area (Å²) in [5.41, 5.74) is 5.08. The fourth-order valence-corrected chi connectivity index (χ4v) is 2.25. The molecule has 0 radical (unpaired) electrons. The monoisotopic (exact) mass is 258 g/mol. The molecular weight excluding hydrogens is 249 g/mol. The molecular formula is C11H9F3N2S. The highest BCUT2D eigenvalue weighted by Gasteiger charge is 2.32. The molecule has 1 heterocycles. The van der Waals surface area contributed by atoms with E-state index in [1.807, 2.05) is 0 Å². The van der Waals surface area contributed by atoms with E-state index in [0.717, 1.165) is 10.9 Å². The average molecular weight is 258 g/mol. The van der Waals surface area contributed by atoms with Crippen molar-refractivity contribution >= 4 is 16.5 Å². The van der Waals surface area contributed by atoms with Crippen LogP contribution in [0, 0.1) is 0 Å². The van der Waals surface area contributed by atoms with Gasteiger partial charge in [0.05, 0.1) is 5.56 Å². The van der Waals surface area contributed by atoms with Crippen LogP contribution in [0.5, 0.6) is 0 Å². The van der Waals surface area contributed by atoms with Crippen LogP contribution in [0.15, 0.2) is 30.5 Å².